The Labute approximate surface area is 109 Å². The van der Waals surface area contributed by atoms with Gasteiger partial charge in [-0.1, -0.05) is 72.8 Å². The molecule has 2 aromatic carbocycles. The summed E-state index contributed by atoms with van der Waals surface area (Å²) in [5.74, 6) is 0.585. The Morgan fingerprint density at radius 2 is 1.39 bits per heavy atom. The van der Waals surface area contributed by atoms with Gasteiger partial charge in [0.05, 0.1) is 0 Å². The van der Waals surface area contributed by atoms with E-state index in [1.54, 1.807) is 0 Å². The fraction of sp³-hybridized carbons (Fsp3) is 0.222. The summed E-state index contributed by atoms with van der Waals surface area (Å²) in [6, 6.07) is 21.7. The minimum atomic E-state index is 0.175. The number of hydrogen-bond acceptors (Lipinski definition) is 0. The second-order valence-electron chi connectivity index (χ2n) is 5.31. The van der Waals surface area contributed by atoms with E-state index in [-0.39, 0.29) is 5.41 Å². The van der Waals surface area contributed by atoms with Crippen molar-refractivity contribution in [3.8, 4) is 0 Å². The highest BCUT2D eigenvalue weighted by Gasteiger charge is 2.56. The van der Waals surface area contributed by atoms with Gasteiger partial charge < -0.3 is 0 Å². The number of benzene rings is 2. The highest BCUT2D eigenvalue weighted by Crippen LogP contribution is 2.61. The normalized spacial score (nSPS) is 20.4. The van der Waals surface area contributed by atoms with Crippen LogP contribution in [0.3, 0.4) is 0 Å². The molecule has 1 saturated carbocycles. The quantitative estimate of drug-likeness (QED) is 0.682. The van der Waals surface area contributed by atoms with E-state index in [4.69, 9.17) is 0 Å². The van der Waals surface area contributed by atoms with Gasteiger partial charge in [0.25, 0.3) is 0 Å². The van der Waals surface area contributed by atoms with E-state index in [0.29, 0.717) is 5.92 Å². The third kappa shape index (κ3) is 1.60. The van der Waals surface area contributed by atoms with Gasteiger partial charge in [0.1, 0.15) is 0 Å². The van der Waals surface area contributed by atoms with Gasteiger partial charge in [-0.2, -0.15) is 0 Å². The highest BCUT2D eigenvalue weighted by atomic mass is 14.6. The van der Waals surface area contributed by atoms with Crippen molar-refractivity contribution in [1.29, 1.82) is 0 Å². The molecule has 0 nitrogen and oxygen atoms in total. The monoisotopic (exact) mass is 234 g/mol. The molecule has 2 aromatic rings. The molecule has 90 valence electrons. The second-order valence-corrected chi connectivity index (χ2v) is 5.31. The molecule has 18 heavy (non-hydrogen) atoms. The predicted molar refractivity (Wildman–Crippen MR) is 76.6 cm³/mol. The summed E-state index contributed by atoms with van der Waals surface area (Å²) < 4.78 is 0. The maximum Gasteiger partial charge on any atom is 0.0274 e. The van der Waals surface area contributed by atoms with E-state index in [1.165, 1.54) is 23.1 Å². The Morgan fingerprint density at radius 3 is 1.72 bits per heavy atom. The SMILES string of the molecule is C=C(C)[C@@H]1CC1(c1ccccc1)c1ccccc1. The van der Waals surface area contributed by atoms with E-state index in [9.17, 15) is 0 Å². The minimum Gasteiger partial charge on any atom is -0.0998 e. The zero-order valence-corrected chi connectivity index (χ0v) is 10.8. The molecule has 0 aromatic heterocycles. The number of allylic oxidation sites excluding steroid dienone is 1. The first-order valence-corrected chi connectivity index (χ1v) is 6.51. The topological polar surface area (TPSA) is 0 Å². The molecule has 0 spiro atoms. The van der Waals surface area contributed by atoms with E-state index >= 15 is 0 Å². The van der Waals surface area contributed by atoms with Crippen LogP contribution in [0.1, 0.15) is 24.5 Å². The molecular weight excluding hydrogens is 216 g/mol. The van der Waals surface area contributed by atoms with Crippen molar-refractivity contribution in [2.45, 2.75) is 18.8 Å². The molecule has 1 aliphatic rings. The third-order valence-electron chi connectivity index (χ3n) is 4.13. The third-order valence-corrected chi connectivity index (χ3v) is 4.13. The summed E-state index contributed by atoms with van der Waals surface area (Å²) in [7, 11) is 0. The molecule has 0 unspecified atom stereocenters. The molecule has 1 fully saturated rings. The molecule has 0 bridgehead atoms. The number of rotatable bonds is 3. The lowest BCUT2D eigenvalue weighted by molar-refractivity contribution is 0.767. The van der Waals surface area contributed by atoms with Crippen LogP contribution in [0.25, 0.3) is 0 Å². The van der Waals surface area contributed by atoms with Crippen LogP contribution in [0.2, 0.25) is 0 Å². The Balaban J connectivity index is 2.11. The maximum absolute atomic E-state index is 4.16. The molecular formula is C18H18. The average molecular weight is 234 g/mol. The maximum atomic E-state index is 4.16. The molecule has 0 N–H and O–H groups in total. The van der Waals surface area contributed by atoms with Gasteiger partial charge in [0.15, 0.2) is 0 Å². The first kappa shape index (κ1) is 11.3. The van der Waals surface area contributed by atoms with Crippen molar-refractivity contribution in [2.75, 3.05) is 0 Å². The molecule has 1 atom stereocenters. The van der Waals surface area contributed by atoms with E-state index < -0.39 is 0 Å². The van der Waals surface area contributed by atoms with Crippen molar-refractivity contribution >= 4 is 0 Å². The van der Waals surface area contributed by atoms with Crippen LogP contribution in [0.4, 0.5) is 0 Å². The van der Waals surface area contributed by atoms with Gasteiger partial charge in [0, 0.05) is 5.41 Å². The van der Waals surface area contributed by atoms with Gasteiger partial charge in [-0.25, -0.2) is 0 Å². The van der Waals surface area contributed by atoms with Gasteiger partial charge in [0.2, 0.25) is 0 Å². The van der Waals surface area contributed by atoms with Crippen molar-refractivity contribution in [2.24, 2.45) is 5.92 Å². The molecule has 0 aliphatic heterocycles. The molecule has 0 saturated heterocycles. The second kappa shape index (κ2) is 4.13. The smallest absolute Gasteiger partial charge is 0.0274 e. The van der Waals surface area contributed by atoms with Gasteiger partial charge >= 0.3 is 0 Å². The lowest BCUT2D eigenvalue weighted by Crippen LogP contribution is -2.12. The Kier molecular flexibility index (Phi) is 2.59. The van der Waals surface area contributed by atoms with Gasteiger partial charge in [-0.05, 0) is 30.4 Å². The minimum absolute atomic E-state index is 0.175. The molecule has 0 heterocycles. The van der Waals surface area contributed by atoms with Crippen LogP contribution in [-0.4, -0.2) is 0 Å². The summed E-state index contributed by atoms with van der Waals surface area (Å²) in [6.45, 7) is 6.31. The zero-order valence-electron chi connectivity index (χ0n) is 10.8. The first-order valence-electron chi connectivity index (χ1n) is 6.51. The highest BCUT2D eigenvalue weighted by molar-refractivity contribution is 5.50. The summed E-state index contributed by atoms with van der Waals surface area (Å²) in [6.07, 6.45) is 1.19. The average Bonchev–Trinajstić information content (AvgIpc) is 3.18. The summed E-state index contributed by atoms with van der Waals surface area (Å²) >= 11 is 0. The van der Waals surface area contributed by atoms with Crippen LogP contribution in [0, 0.1) is 5.92 Å². The predicted octanol–water partition coefficient (Wildman–Crippen LogP) is 4.57. The molecule has 0 heteroatoms. The zero-order chi connectivity index (χ0) is 12.6. The van der Waals surface area contributed by atoms with E-state index in [0.717, 1.165) is 0 Å². The first-order chi connectivity index (χ1) is 8.75. The molecule has 1 aliphatic carbocycles. The van der Waals surface area contributed by atoms with Gasteiger partial charge in [-0.3, -0.25) is 0 Å². The lowest BCUT2D eigenvalue weighted by Gasteiger charge is -2.19. The Hall–Kier alpha value is -1.82. The van der Waals surface area contributed by atoms with E-state index in [1.807, 2.05) is 0 Å². The summed E-state index contributed by atoms with van der Waals surface area (Å²) in [5.41, 5.74) is 4.31. The van der Waals surface area contributed by atoms with Crippen molar-refractivity contribution in [3.05, 3.63) is 83.9 Å². The fourth-order valence-electron chi connectivity index (χ4n) is 3.13. The molecule has 3 rings (SSSR count). The van der Waals surface area contributed by atoms with E-state index in [2.05, 4.69) is 74.2 Å². The Morgan fingerprint density at radius 1 is 0.944 bits per heavy atom. The number of hydrogen-bond donors (Lipinski definition) is 0. The Bertz CT molecular complexity index is 512. The van der Waals surface area contributed by atoms with Gasteiger partial charge in [-0.15, -0.1) is 0 Å². The largest absolute Gasteiger partial charge is 0.0998 e. The van der Waals surface area contributed by atoms with Crippen LogP contribution in [0.15, 0.2) is 72.8 Å². The van der Waals surface area contributed by atoms with Crippen LogP contribution in [0.5, 0.6) is 0 Å². The van der Waals surface area contributed by atoms with Crippen LogP contribution >= 0.6 is 0 Å². The van der Waals surface area contributed by atoms with Crippen molar-refractivity contribution < 1.29 is 0 Å². The summed E-state index contributed by atoms with van der Waals surface area (Å²) in [5, 5.41) is 0. The standard InChI is InChI=1S/C18H18/c1-14(2)17-13-18(17,15-9-5-3-6-10-15)16-11-7-4-8-12-16/h3-12,17H,1,13H2,2H3/t17-/m0/s1. The fourth-order valence-corrected chi connectivity index (χ4v) is 3.13. The van der Waals surface area contributed by atoms with Crippen molar-refractivity contribution in [1.82, 2.24) is 0 Å². The van der Waals surface area contributed by atoms with Crippen molar-refractivity contribution in [3.63, 3.8) is 0 Å². The lowest BCUT2D eigenvalue weighted by atomic mass is 9.84. The van der Waals surface area contributed by atoms with Crippen LogP contribution < -0.4 is 0 Å². The molecule has 0 radical (unpaired) electrons. The summed E-state index contributed by atoms with van der Waals surface area (Å²) in [4.78, 5) is 0. The molecule has 0 amide bonds. The van der Waals surface area contributed by atoms with Crippen LogP contribution in [-0.2, 0) is 5.41 Å².